The second-order valence-electron chi connectivity index (χ2n) is 2.55. The van der Waals surface area contributed by atoms with Crippen molar-refractivity contribution in [2.24, 2.45) is 0 Å². The minimum absolute atomic E-state index is 0.832. The molecule has 13 heavy (non-hydrogen) atoms. The number of rotatable bonds is 4. The van der Waals surface area contributed by atoms with Crippen LogP contribution in [0, 0.1) is 0 Å². The first-order valence-corrected chi connectivity index (χ1v) is 4.07. The normalized spacial score (nSPS) is 11.2. The Morgan fingerprint density at radius 3 is 3.00 bits per heavy atom. The fraction of sp³-hybridized carbons (Fsp3) is 0.0909. The van der Waals surface area contributed by atoms with E-state index in [0.717, 1.165) is 11.3 Å². The van der Waals surface area contributed by atoms with Gasteiger partial charge in [0.25, 0.3) is 0 Å². The van der Waals surface area contributed by atoms with Crippen LogP contribution in [0.4, 0.5) is 0 Å². The van der Waals surface area contributed by atoms with Crippen molar-refractivity contribution >= 4 is 6.08 Å². The average Bonchev–Trinajstić information content (AvgIpc) is 2.64. The Bertz CT molecular complexity index is 307. The molecule has 0 bridgehead atoms. The summed E-state index contributed by atoms with van der Waals surface area (Å²) in [5.74, 6) is 0.832. The molecule has 1 rings (SSSR count). The van der Waals surface area contributed by atoms with Gasteiger partial charge in [-0.05, 0) is 36.1 Å². The molecule has 2 heteroatoms. The Balaban J connectivity index is 2.49. The molecule has 1 N–H and O–H groups in total. The molecule has 0 amide bonds. The molecule has 0 saturated heterocycles. The first-order valence-electron chi connectivity index (χ1n) is 4.07. The Labute approximate surface area is 78.3 Å². The average molecular weight is 175 g/mol. The minimum Gasteiger partial charge on any atom is -0.465 e. The van der Waals surface area contributed by atoms with Gasteiger partial charge in [0.2, 0.25) is 0 Å². The van der Waals surface area contributed by atoms with Crippen LogP contribution in [-0.4, -0.2) is 7.05 Å². The molecule has 0 atom stereocenters. The number of allylic oxidation sites excluding steroid dienone is 3. The van der Waals surface area contributed by atoms with E-state index in [2.05, 4.69) is 11.9 Å². The number of hydrogen-bond acceptors (Lipinski definition) is 2. The monoisotopic (exact) mass is 175 g/mol. The van der Waals surface area contributed by atoms with Gasteiger partial charge in [-0.25, -0.2) is 0 Å². The van der Waals surface area contributed by atoms with Gasteiger partial charge in [0, 0.05) is 7.05 Å². The van der Waals surface area contributed by atoms with Crippen LogP contribution in [0.15, 0.2) is 53.3 Å². The van der Waals surface area contributed by atoms with E-state index >= 15 is 0 Å². The van der Waals surface area contributed by atoms with Gasteiger partial charge < -0.3 is 9.73 Å². The summed E-state index contributed by atoms with van der Waals surface area (Å²) < 4.78 is 5.12. The maximum atomic E-state index is 5.12. The third-order valence-electron chi connectivity index (χ3n) is 1.47. The lowest BCUT2D eigenvalue weighted by Crippen LogP contribution is -1.90. The highest BCUT2D eigenvalue weighted by molar-refractivity contribution is 5.49. The van der Waals surface area contributed by atoms with Crippen LogP contribution < -0.4 is 5.32 Å². The topological polar surface area (TPSA) is 25.2 Å². The minimum atomic E-state index is 0.832. The summed E-state index contributed by atoms with van der Waals surface area (Å²) in [4.78, 5) is 0. The standard InChI is InChI=1S/C11H13NO/c1-10(7-8-12-2)5-6-11-4-3-9-13-11/h3-9,12H,1H2,2H3/b6-5+,8-7-. The van der Waals surface area contributed by atoms with Crippen LogP contribution in [0.5, 0.6) is 0 Å². The molecule has 68 valence electrons. The number of furan rings is 1. The van der Waals surface area contributed by atoms with E-state index in [4.69, 9.17) is 4.42 Å². The molecule has 0 radical (unpaired) electrons. The Morgan fingerprint density at radius 2 is 2.38 bits per heavy atom. The fourth-order valence-electron chi connectivity index (χ4n) is 0.821. The van der Waals surface area contributed by atoms with E-state index in [0.29, 0.717) is 0 Å². The van der Waals surface area contributed by atoms with Crippen molar-refractivity contribution in [3.05, 3.63) is 54.7 Å². The second kappa shape index (κ2) is 5.04. The Morgan fingerprint density at radius 1 is 1.54 bits per heavy atom. The van der Waals surface area contributed by atoms with Crippen molar-refractivity contribution in [2.75, 3.05) is 7.05 Å². The molecule has 0 unspecified atom stereocenters. The second-order valence-corrected chi connectivity index (χ2v) is 2.55. The van der Waals surface area contributed by atoms with Gasteiger partial charge in [0.05, 0.1) is 6.26 Å². The largest absolute Gasteiger partial charge is 0.465 e. The van der Waals surface area contributed by atoms with Crippen molar-refractivity contribution < 1.29 is 4.42 Å². The van der Waals surface area contributed by atoms with Crippen LogP contribution >= 0.6 is 0 Å². The van der Waals surface area contributed by atoms with Crippen LogP contribution in [0.3, 0.4) is 0 Å². The first kappa shape index (κ1) is 9.39. The van der Waals surface area contributed by atoms with Crippen molar-refractivity contribution in [1.82, 2.24) is 5.32 Å². The predicted molar refractivity (Wildman–Crippen MR) is 55.1 cm³/mol. The fourth-order valence-corrected chi connectivity index (χ4v) is 0.821. The van der Waals surface area contributed by atoms with E-state index in [1.165, 1.54) is 0 Å². The van der Waals surface area contributed by atoms with Crippen molar-refractivity contribution in [2.45, 2.75) is 0 Å². The predicted octanol–water partition coefficient (Wildman–Crippen LogP) is 2.58. The van der Waals surface area contributed by atoms with Gasteiger partial charge in [-0.3, -0.25) is 0 Å². The SMILES string of the molecule is C=C(/C=C\NC)/C=C/c1ccco1. The highest BCUT2D eigenvalue weighted by atomic mass is 16.3. The molecule has 0 aliphatic carbocycles. The lowest BCUT2D eigenvalue weighted by atomic mass is 10.2. The molecular weight excluding hydrogens is 162 g/mol. The van der Waals surface area contributed by atoms with Gasteiger partial charge in [-0.1, -0.05) is 12.7 Å². The van der Waals surface area contributed by atoms with Gasteiger partial charge >= 0.3 is 0 Å². The Hall–Kier alpha value is -1.70. The van der Waals surface area contributed by atoms with Crippen LogP contribution in [0.2, 0.25) is 0 Å². The maximum absolute atomic E-state index is 5.12. The van der Waals surface area contributed by atoms with E-state index in [9.17, 15) is 0 Å². The summed E-state index contributed by atoms with van der Waals surface area (Å²) in [7, 11) is 1.85. The maximum Gasteiger partial charge on any atom is 0.126 e. The molecule has 1 aromatic rings. The van der Waals surface area contributed by atoms with Crippen molar-refractivity contribution in [3.63, 3.8) is 0 Å². The summed E-state index contributed by atoms with van der Waals surface area (Å²) >= 11 is 0. The van der Waals surface area contributed by atoms with Crippen LogP contribution in [-0.2, 0) is 0 Å². The lowest BCUT2D eigenvalue weighted by Gasteiger charge is -1.89. The molecule has 0 aliphatic rings. The van der Waals surface area contributed by atoms with Crippen LogP contribution in [0.1, 0.15) is 5.76 Å². The van der Waals surface area contributed by atoms with Gasteiger partial charge in [0.1, 0.15) is 5.76 Å². The van der Waals surface area contributed by atoms with E-state index in [1.807, 2.05) is 43.6 Å². The number of nitrogens with one attached hydrogen (secondary N) is 1. The lowest BCUT2D eigenvalue weighted by molar-refractivity contribution is 0.557. The zero-order valence-electron chi connectivity index (χ0n) is 7.66. The molecule has 0 saturated carbocycles. The van der Waals surface area contributed by atoms with Gasteiger partial charge in [-0.2, -0.15) is 0 Å². The van der Waals surface area contributed by atoms with Gasteiger partial charge in [0.15, 0.2) is 0 Å². The quantitative estimate of drug-likeness (QED) is 0.711. The van der Waals surface area contributed by atoms with Crippen molar-refractivity contribution in [3.8, 4) is 0 Å². The first-order chi connectivity index (χ1) is 6.33. The molecule has 1 aromatic heterocycles. The Kier molecular flexibility index (Phi) is 3.64. The third kappa shape index (κ3) is 3.47. The zero-order chi connectivity index (χ0) is 9.52. The number of hydrogen-bond donors (Lipinski definition) is 1. The summed E-state index contributed by atoms with van der Waals surface area (Å²) in [5.41, 5.74) is 0.922. The molecular formula is C11H13NO. The summed E-state index contributed by atoms with van der Waals surface area (Å²) in [6, 6.07) is 3.75. The summed E-state index contributed by atoms with van der Waals surface area (Å²) in [6.45, 7) is 3.84. The molecule has 0 aliphatic heterocycles. The zero-order valence-corrected chi connectivity index (χ0v) is 7.66. The highest BCUT2D eigenvalue weighted by Crippen LogP contribution is 2.05. The summed E-state index contributed by atoms with van der Waals surface area (Å²) in [6.07, 6.45) is 9.13. The third-order valence-corrected chi connectivity index (χ3v) is 1.47. The molecule has 0 spiro atoms. The smallest absolute Gasteiger partial charge is 0.126 e. The molecule has 1 heterocycles. The van der Waals surface area contributed by atoms with Crippen LogP contribution in [0.25, 0.3) is 6.08 Å². The summed E-state index contributed by atoms with van der Waals surface area (Å²) in [5, 5.41) is 2.89. The van der Waals surface area contributed by atoms with Gasteiger partial charge in [-0.15, -0.1) is 0 Å². The van der Waals surface area contributed by atoms with E-state index in [1.54, 1.807) is 6.26 Å². The van der Waals surface area contributed by atoms with E-state index in [-0.39, 0.29) is 0 Å². The molecule has 0 fully saturated rings. The van der Waals surface area contributed by atoms with Crippen molar-refractivity contribution in [1.29, 1.82) is 0 Å². The molecule has 2 nitrogen and oxygen atoms in total. The van der Waals surface area contributed by atoms with E-state index < -0.39 is 0 Å². The highest BCUT2D eigenvalue weighted by Gasteiger charge is 1.86. The molecule has 0 aromatic carbocycles.